The third-order valence-corrected chi connectivity index (χ3v) is 20.4. The van der Waals surface area contributed by atoms with Gasteiger partial charge < -0.3 is 96.3 Å². The van der Waals surface area contributed by atoms with E-state index in [4.69, 9.17) is 5.11 Å². The van der Waals surface area contributed by atoms with Gasteiger partial charge in [0.1, 0.15) is 0 Å². The van der Waals surface area contributed by atoms with Gasteiger partial charge in [-0.1, -0.05) is 232 Å². The van der Waals surface area contributed by atoms with E-state index in [1.54, 1.807) is 27.3 Å². The first kappa shape index (κ1) is 109. The average Bonchev–Trinajstić information content (AvgIpc) is 1.04. The van der Waals surface area contributed by atoms with Crippen LogP contribution in [0.3, 0.4) is 0 Å². The van der Waals surface area contributed by atoms with Gasteiger partial charge in [0.15, 0.2) is 0 Å². The summed E-state index contributed by atoms with van der Waals surface area (Å²) in [5, 5.41) is 86.5. The molecule has 0 radical (unpaired) electrons. The second-order valence-corrected chi connectivity index (χ2v) is 30.1. The largest absolute Gasteiger partial charge is 0.437 e. The topological polar surface area (TPSA) is 334 Å². The minimum atomic E-state index is -0.688. The van der Waals surface area contributed by atoms with Gasteiger partial charge in [-0.05, 0) is 203 Å². The minimum Gasteiger partial charge on any atom is -0.437 e. The summed E-state index contributed by atoms with van der Waals surface area (Å²) in [4.78, 5) is 36.4. The summed E-state index contributed by atoms with van der Waals surface area (Å²) >= 11 is 0. The average molecular weight is 1460 g/mol. The van der Waals surface area contributed by atoms with E-state index in [-0.39, 0.29) is 40.8 Å². The van der Waals surface area contributed by atoms with E-state index in [0.29, 0.717) is 25.7 Å². The Hall–Kier alpha value is -1.35. The number of unbranched alkanes of at least 4 members (excludes halogenated alkanes) is 36. The van der Waals surface area contributed by atoms with E-state index >= 15 is 0 Å². The Bertz CT molecular complexity index is 1660. The van der Waals surface area contributed by atoms with Crippen molar-refractivity contribution in [2.75, 3.05) is 99.2 Å². The molecular weight excluding hydrogens is 1290 g/mol. The Kier molecular flexibility index (Phi) is 86.4. The molecule has 0 aliphatic rings. The molecule has 0 aromatic carbocycles. The molecule has 0 fully saturated rings. The third-order valence-electron chi connectivity index (χ3n) is 20.4. The number of aliphatic hydroxyl groups is 2. The van der Waals surface area contributed by atoms with Crippen LogP contribution in [0.2, 0.25) is 40.9 Å². The maximum Gasteiger partial charge on any atom is 0.376 e. The molecule has 0 unspecified atom stereocenters. The van der Waals surface area contributed by atoms with Gasteiger partial charge in [0.2, 0.25) is 11.8 Å². The molecule has 0 aliphatic heterocycles. The molecule has 0 saturated heterocycles. The Morgan fingerprint density at radius 2 is 0.569 bits per heavy atom. The lowest BCUT2D eigenvalue weighted by Crippen LogP contribution is -2.47. The van der Waals surface area contributed by atoms with Crippen molar-refractivity contribution in [3.05, 3.63) is 0 Å². The fourth-order valence-electron chi connectivity index (χ4n) is 13.2. The number of hydrogen-bond acceptors (Lipinski definition) is 16. The number of carbonyl (C=O) groups is 2. The van der Waals surface area contributed by atoms with Crippen LogP contribution in [0.4, 0.5) is 0 Å². The van der Waals surface area contributed by atoms with Crippen molar-refractivity contribution < 1.29 is 66.4 Å². The zero-order valence-corrected chi connectivity index (χ0v) is 68.3. The van der Waals surface area contributed by atoms with Crippen LogP contribution in [0, 0.1) is 5.92 Å². The molecular formula is C75H170B6N8O13. The van der Waals surface area contributed by atoms with Gasteiger partial charge in [-0.25, -0.2) is 0 Å². The van der Waals surface area contributed by atoms with Crippen LogP contribution in [0.15, 0.2) is 0 Å². The molecule has 1 atom stereocenters. The van der Waals surface area contributed by atoms with Crippen molar-refractivity contribution >= 4 is 54.1 Å². The fraction of sp³-hybridized carbons (Fsp3) is 0.973. The zero-order chi connectivity index (χ0) is 73.8. The van der Waals surface area contributed by atoms with E-state index in [1.165, 1.54) is 193 Å². The monoisotopic (exact) mass is 1460 g/mol. The minimum absolute atomic E-state index is 0. The molecule has 102 heavy (non-hydrogen) atoms. The highest BCUT2D eigenvalue weighted by Gasteiger charge is 2.26. The van der Waals surface area contributed by atoms with Crippen LogP contribution in [0.1, 0.15) is 322 Å². The first-order valence-electron chi connectivity index (χ1n) is 42.0. The van der Waals surface area contributed by atoms with Crippen LogP contribution >= 0.6 is 0 Å². The van der Waals surface area contributed by atoms with E-state index in [1.807, 2.05) is 37.4 Å². The van der Waals surface area contributed by atoms with Gasteiger partial charge in [-0.2, -0.15) is 0 Å². The van der Waals surface area contributed by atoms with Crippen molar-refractivity contribution in [1.82, 2.24) is 39.5 Å². The quantitative estimate of drug-likeness (QED) is 0.0200. The Labute approximate surface area is 631 Å². The first-order chi connectivity index (χ1) is 47.7. The molecule has 16 N–H and O–H groups in total. The normalized spacial score (nSPS) is 11.7. The number of nitrogens with zero attached hydrogens (tertiary/aromatic N) is 6. The molecule has 21 nitrogen and oxygen atoms in total. The van der Waals surface area contributed by atoms with E-state index in [0.717, 1.165) is 168 Å². The highest BCUT2D eigenvalue weighted by molar-refractivity contribution is 6.46. The lowest BCUT2D eigenvalue weighted by Gasteiger charge is -2.33. The lowest BCUT2D eigenvalue weighted by atomic mass is 9.80. The molecule has 0 rings (SSSR count). The molecule has 2 amide bonds. The molecule has 0 aromatic heterocycles. The lowest BCUT2D eigenvalue weighted by molar-refractivity contribution is -0.122. The van der Waals surface area contributed by atoms with Gasteiger partial charge in [-0.15, -0.1) is 0 Å². The third kappa shape index (κ3) is 74.1. The molecule has 0 heterocycles. The molecule has 606 valence electrons. The Morgan fingerprint density at radius 1 is 0.314 bits per heavy atom. The van der Waals surface area contributed by atoms with E-state index < -0.39 is 48.4 Å². The summed E-state index contributed by atoms with van der Waals surface area (Å²) in [6.45, 7) is 24.1. The van der Waals surface area contributed by atoms with Crippen molar-refractivity contribution in [3.8, 4) is 0 Å². The molecule has 0 aliphatic carbocycles. The van der Waals surface area contributed by atoms with Gasteiger partial charge in [0, 0.05) is 25.9 Å². The maximum absolute atomic E-state index is 12.5. The molecule has 27 heteroatoms. The molecule has 0 bridgehead atoms. The smallest absolute Gasteiger partial charge is 0.376 e. The summed E-state index contributed by atoms with van der Waals surface area (Å²) in [7, 11) is 0.479. The fourth-order valence-corrected chi connectivity index (χ4v) is 13.2. The van der Waals surface area contributed by atoms with Gasteiger partial charge in [0.05, 0.1) is 12.7 Å². The van der Waals surface area contributed by atoms with Crippen LogP contribution in [-0.4, -0.2) is 245 Å². The summed E-state index contributed by atoms with van der Waals surface area (Å²) in [5.41, 5.74) is 0. The number of hydrogen-bond donors (Lipinski definition) is 10. The summed E-state index contributed by atoms with van der Waals surface area (Å²) < 4.78 is 0. The van der Waals surface area contributed by atoms with E-state index in [2.05, 4.69) is 43.7 Å². The number of aliphatic hydroxyl groups excluding tert-OH is 2. The molecule has 0 saturated carbocycles. The van der Waals surface area contributed by atoms with Crippen LogP contribution in [0.25, 0.3) is 0 Å². The summed E-state index contributed by atoms with van der Waals surface area (Å²) in [5.74, 6) is 0.480. The summed E-state index contributed by atoms with van der Waals surface area (Å²) in [6.07, 6.45) is 56.5. The van der Waals surface area contributed by atoms with Crippen LogP contribution < -0.4 is 10.6 Å². The standard InChI is InChI=1S/C45H103B6N7O7.C30H61NO3.3H2O/c1-10-11-12-13-14-15-16-17-18-19-23-32-45(59)52-33-24-21-20-22-31-44(42-57(50(6)64)38-27-25-36-55(48(4)62)40-29-34-53(8)46(2)60)43-58(51(7)65)39-28-26-37-56(49(5)63)41-30-35-54(9)47(3)61;1-2-3-4-5-6-7-8-9-10-11-12-13-14-15-16-17-18-19-20-21-22-23-27-31-30(34)26-24-25-29(33)28-32;;;/h44,60-65H,10-43H2,1-9H3,(H,52,59);29,32-33H,2-28H2,1H3,(H,31,34);3*1H2/t;29-;;;/m.0.../s1. The van der Waals surface area contributed by atoms with Crippen LogP contribution in [-0.2, 0) is 9.59 Å². The van der Waals surface area contributed by atoms with Crippen molar-refractivity contribution in [2.45, 2.75) is 369 Å². The summed E-state index contributed by atoms with van der Waals surface area (Å²) in [6, 6.07) is 0. The number of carbonyl (C=O) groups excluding carboxylic acids is 2. The Balaban J connectivity index is -0.000000716. The zero-order valence-electron chi connectivity index (χ0n) is 68.3. The maximum atomic E-state index is 12.5. The van der Waals surface area contributed by atoms with Gasteiger partial charge in [0.25, 0.3) is 0 Å². The molecule has 0 aromatic rings. The highest BCUT2D eigenvalue weighted by Crippen LogP contribution is 2.20. The number of rotatable bonds is 75. The van der Waals surface area contributed by atoms with Crippen molar-refractivity contribution in [3.63, 3.8) is 0 Å². The first-order valence-corrected chi connectivity index (χ1v) is 42.0. The van der Waals surface area contributed by atoms with Crippen molar-refractivity contribution in [1.29, 1.82) is 0 Å². The van der Waals surface area contributed by atoms with Crippen molar-refractivity contribution in [2.24, 2.45) is 5.92 Å². The second kappa shape index (κ2) is 80.7. The number of amides is 2. The Morgan fingerprint density at radius 3 is 0.853 bits per heavy atom. The van der Waals surface area contributed by atoms with Crippen LogP contribution in [0.5, 0.6) is 0 Å². The van der Waals surface area contributed by atoms with Gasteiger partial charge >= 0.3 is 42.3 Å². The molecule has 0 spiro atoms. The highest BCUT2D eigenvalue weighted by atomic mass is 16.3. The number of nitrogens with one attached hydrogen (secondary N) is 2. The predicted molar refractivity (Wildman–Crippen MR) is 441 cm³/mol. The predicted octanol–water partition coefficient (Wildman–Crippen LogP) is 11.2. The second-order valence-electron chi connectivity index (χ2n) is 30.1. The van der Waals surface area contributed by atoms with E-state index in [9.17, 15) is 44.8 Å². The van der Waals surface area contributed by atoms with Gasteiger partial charge in [-0.3, -0.25) is 9.59 Å². The SMILES string of the molecule is CCCCCCCCCCCCCC(=O)NCCCCCCC(CN(CCCCN(CCCN(C)B(C)O)B(C)O)B(C)O)CN(CCCCN(CCCN(C)B(C)O)B(C)O)B(C)O.CCCCCCCCCCCCCCCCCCCCCCCCNC(=O)CCC[C@H](O)CO.O.O.O.